The molecule has 0 saturated heterocycles. The molecule has 0 radical (unpaired) electrons. The Balaban J connectivity index is 1.02. The molecule has 0 aliphatic heterocycles. The molecular formula is C35H34F2N4O5. The highest BCUT2D eigenvalue weighted by Gasteiger charge is 2.56. The topological polar surface area (TPSA) is 111 Å². The molecule has 46 heavy (non-hydrogen) atoms. The molecule has 1 heterocycles. The first-order valence-electron chi connectivity index (χ1n) is 15.5. The van der Waals surface area contributed by atoms with Crippen LogP contribution in [0.4, 0.5) is 20.2 Å². The second-order valence-electron chi connectivity index (χ2n) is 12.5. The Morgan fingerprint density at radius 1 is 0.848 bits per heavy atom. The van der Waals surface area contributed by atoms with Gasteiger partial charge in [-0.05, 0) is 99.5 Å². The summed E-state index contributed by atoms with van der Waals surface area (Å²) in [6, 6.07) is 14.5. The number of fused-ring (bicyclic) bond motifs is 1. The third kappa shape index (κ3) is 6.32. The van der Waals surface area contributed by atoms with Crippen molar-refractivity contribution in [3.8, 4) is 23.0 Å². The summed E-state index contributed by atoms with van der Waals surface area (Å²) in [6.07, 6.45) is 7.02. The van der Waals surface area contributed by atoms with E-state index in [1.54, 1.807) is 31.5 Å². The van der Waals surface area contributed by atoms with Crippen LogP contribution >= 0.6 is 0 Å². The van der Waals surface area contributed by atoms with Crippen molar-refractivity contribution in [2.75, 3.05) is 30.9 Å². The number of benzene rings is 3. The molecule has 9 nitrogen and oxygen atoms in total. The molecule has 238 valence electrons. The molecule has 0 atom stereocenters. The van der Waals surface area contributed by atoms with Gasteiger partial charge in [0.05, 0.1) is 18.2 Å². The van der Waals surface area contributed by atoms with Crippen LogP contribution in [0.1, 0.15) is 38.5 Å². The van der Waals surface area contributed by atoms with E-state index in [0.717, 1.165) is 31.4 Å². The van der Waals surface area contributed by atoms with Crippen molar-refractivity contribution in [2.45, 2.75) is 44.1 Å². The maximum absolute atomic E-state index is 15.3. The number of rotatable bonds is 13. The number of nitrogens with zero attached hydrogens (tertiary/aromatic N) is 1. The Bertz CT molecular complexity index is 1800. The molecule has 0 bridgehead atoms. The van der Waals surface area contributed by atoms with Gasteiger partial charge in [-0.25, -0.2) is 8.78 Å². The first-order chi connectivity index (χ1) is 22.3. The summed E-state index contributed by atoms with van der Waals surface area (Å²) in [5, 5.41) is 9.58. The number of anilines is 2. The van der Waals surface area contributed by atoms with E-state index in [1.807, 2.05) is 0 Å². The quantitative estimate of drug-likeness (QED) is 0.144. The predicted octanol–water partition coefficient (Wildman–Crippen LogP) is 6.58. The van der Waals surface area contributed by atoms with Crippen molar-refractivity contribution in [3.05, 3.63) is 78.5 Å². The summed E-state index contributed by atoms with van der Waals surface area (Å²) in [6.45, 7) is 1.56. The summed E-state index contributed by atoms with van der Waals surface area (Å²) in [4.78, 5) is 30.4. The number of hydrogen-bond donors (Lipinski definition) is 3. The van der Waals surface area contributed by atoms with Crippen LogP contribution in [0, 0.1) is 23.0 Å². The summed E-state index contributed by atoms with van der Waals surface area (Å²) in [5.74, 6) is 0.00386. The van der Waals surface area contributed by atoms with E-state index in [9.17, 15) is 14.0 Å². The Morgan fingerprint density at radius 3 is 2.22 bits per heavy atom. The maximum Gasteiger partial charge on any atom is 0.240 e. The van der Waals surface area contributed by atoms with Gasteiger partial charge in [0.25, 0.3) is 0 Å². The number of hydrogen-bond acceptors (Lipinski definition) is 7. The molecular weight excluding hydrogens is 594 g/mol. The van der Waals surface area contributed by atoms with Crippen molar-refractivity contribution in [2.24, 2.45) is 11.3 Å². The molecule has 7 rings (SSSR count). The number of methoxy groups -OCH3 is 1. The van der Waals surface area contributed by atoms with Gasteiger partial charge in [0.15, 0.2) is 23.1 Å². The van der Waals surface area contributed by atoms with Crippen LogP contribution in [0.5, 0.6) is 23.0 Å². The van der Waals surface area contributed by atoms with Crippen molar-refractivity contribution in [1.29, 1.82) is 0 Å². The van der Waals surface area contributed by atoms with Crippen LogP contribution in [0.15, 0.2) is 66.9 Å². The molecule has 3 N–H and O–H groups in total. The number of halogens is 2. The van der Waals surface area contributed by atoms with Gasteiger partial charge in [0.1, 0.15) is 23.6 Å². The zero-order chi connectivity index (χ0) is 31.9. The highest BCUT2D eigenvalue weighted by molar-refractivity contribution is 6.16. The predicted molar refractivity (Wildman–Crippen MR) is 168 cm³/mol. The number of carbonyl (C=O) groups excluding carboxylic acids is 2. The Kier molecular flexibility index (Phi) is 7.72. The van der Waals surface area contributed by atoms with Crippen LogP contribution in [-0.4, -0.2) is 42.6 Å². The number of pyridine rings is 1. The van der Waals surface area contributed by atoms with Gasteiger partial charge in [-0.2, -0.15) is 0 Å². The molecule has 0 unspecified atom stereocenters. The van der Waals surface area contributed by atoms with Gasteiger partial charge in [0.2, 0.25) is 11.8 Å². The fourth-order valence-corrected chi connectivity index (χ4v) is 5.41. The SMILES string of the molecule is COc1cc2c(Oc3ccc(NC(=O)C4(C(=O)Nc5ccc(F)cc5)CC4)cc3F)ccnc2cc1OCC1(NCC2CC2)CC1. The lowest BCUT2D eigenvalue weighted by atomic mass is 10.0. The first-order valence-corrected chi connectivity index (χ1v) is 15.5. The van der Waals surface area contributed by atoms with E-state index in [0.29, 0.717) is 53.3 Å². The lowest BCUT2D eigenvalue weighted by Crippen LogP contribution is -2.38. The van der Waals surface area contributed by atoms with Gasteiger partial charge < -0.3 is 30.2 Å². The van der Waals surface area contributed by atoms with Gasteiger partial charge >= 0.3 is 0 Å². The minimum absolute atomic E-state index is 0.0136. The number of aromatic nitrogens is 1. The molecule has 3 aliphatic rings. The van der Waals surface area contributed by atoms with E-state index in [2.05, 4.69) is 20.9 Å². The van der Waals surface area contributed by atoms with Crippen LogP contribution < -0.4 is 30.2 Å². The Morgan fingerprint density at radius 2 is 1.57 bits per heavy atom. The second kappa shape index (κ2) is 11.9. The van der Waals surface area contributed by atoms with Gasteiger partial charge in [-0.1, -0.05) is 0 Å². The van der Waals surface area contributed by atoms with Gasteiger partial charge in [0, 0.05) is 35.1 Å². The number of nitrogens with one attached hydrogen (secondary N) is 3. The second-order valence-corrected chi connectivity index (χ2v) is 12.5. The average molecular weight is 629 g/mol. The molecule has 1 aromatic heterocycles. The molecule has 11 heteroatoms. The fraction of sp³-hybridized carbons (Fsp3) is 0.343. The molecule has 4 aromatic rings. The lowest BCUT2D eigenvalue weighted by molar-refractivity contribution is -0.131. The van der Waals surface area contributed by atoms with Crippen molar-refractivity contribution >= 4 is 34.1 Å². The van der Waals surface area contributed by atoms with Crippen molar-refractivity contribution in [3.63, 3.8) is 0 Å². The summed E-state index contributed by atoms with van der Waals surface area (Å²) in [7, 11) is 1.56. The van der Waals surface area contributed by atoms with E-state index < -0.39 is 28.9 Å². The van der Waals surface area contributed by atoms with E-state index in [-0.39, 0.29) is 17.0 Å². The van der Waals surface area contributed by atoms with Crippen molar-refractivity contribution < 1.29 is 32.6 Å². The highest BCUT2D eigenvalue weighted by Crippen LogP contribution is 2.48. The minimum atomic E-state index is -1.27. The number of carbonyl (C=O) groups is 2. The smallest absolute Gasteiger partial charge is 0.240 e. The molecule has 0 spiro atoms. The summed E-state index contributed by atoms with van der Waals surface area (Å²) >= 11 is 0. The monoisotopic (exact) mass is 628 g/mol. The van der Waals surface area contributed by atoms with Crippen molar-refractivity contribution in [1.82, 2.24) is 10.3 Å². The van der Waals surface area contributed by atoms with Gasteiger partial charge in [-0.15, -0.1) is 0 Å². The number of ether oxygens (including phenoxy) is 3. The number of amides is 2. The molecule has 2 amide bonds. The Labute approximate surface area is 264 Å². The molecule has 3 aromatic carbocycles. The lowest BCUT2D eigenvalue weighted by Gasteiger charge is -2.20. The van der Waals surface area contributed by atoms with Crippen LogP contribution in [-0.2, 0) is 9.59 Å². The standard InChI is InChI=1S/C35H34F2N4O5/c1-44-30-17-25-27(18-31(30)45-20-34(11-12-34)39-19-21-2-3-21)38-15-10-28(25)46-29-9-8-24(16-26(29)37)41-33(43)35(13-14-35)32(42)40-23-6-4-22(36)5-7-23/h4-10,15-18,21,39H,2-3,11-14,19-20H2,1H3,(H,40,42)(H,41,43). The Hall–Kier alpha value is -4.77. The van der Waals surface area contributed by atoms with Crippen LogP contribution in [0.3, 0.4) is 0 Å². The van der Waals surface area contributed by atoms with Crippen LogP contribution in [0.25, 0.3) is 10.9 Å². The summed E-state index contributed by atoms with van der Waals surface area (Å²) < 4.78 is 46.3. The molecule has 3 saturated carbocycles. The summed E-state index contributed by atoms with van der Waals surface area (Å²) in [5.41, 5.74) is -0.101. The third-order valence-electron chi connectivity index (χ3n) is 8.94. The fourth-order valence-electron chi connectivity index (χ4n) is 5.41. The first kappa shape index (κ1) is 29.9. The zero-order valence-electron chi connectivity index (χ0n) is 25.3. The molecule has 3 fully saturated rings. The highest BCUT2D eigenvalue weighted by atomic mass is 19.1. The van der Waals surface area contributed by atoms with E-state index in [1.165, 1.54) is 49.2 Å². The van der Waals surface area contributed by atoms with E-state index in [4.69, 9.17) is 14.2 Å². The third-order valence-corrected chi connectivity index (χ3v) is 8.94. The van der Waals surface area contributed by atoms with Gasteiger partial charge in [-0.3, -0.25) is 14.6 Å². The van der Waals surface area contributed by atoms with Crippen LogP contribution in [0.2, 0.25) is 0 Å². The van der Waals surface area contributed by atoms with E-state index >= 15 is 4.39 Å². The minimum Gasteiger partial charge on any atom is -0.493 e. The average Bonchev–Trinajstić information content (AvgIpc) is 3.91. The maximum atomic E-state index is 15.3. The largest absolute Gasteiger partial charge is 0.493 e. The zero-order valence-corrected chi connectivity index (χ0v) is 25.3. The normalized spacial score (nSPS) is 17.2. The molecule has 3 aliphatic carbocycles.